The number of nitrogens with zero attached hydrogens (tertiary/aromatic N) is 1. The molecule has 1 N–H and O–H groups in total. The second-order valence-corrected chi connectivity index (χ2v) is 2.79. The number of methoxy groups -OCH3 is 1. The summed E-state index contributed by atoms with van der Waals surface area (Å²) in [6.45, 7) is 2.00. The molecule has 0 radical (unpaired) electrons. The van der Waals surface area contributed by atoms with Crippen LogP contribution >= 0.6 is 0 Å². The van der Waals surface area contributed by atoms with Crippen molar-refractivity contribution >= 4 is 6.21 Å². The summed E-state index contributed by atoms with van der Waals surface area (Å²) in [5, 5.41) is 11.2. The molecule has 0 aliphatic rings. The van der Waals surface area contributed by atoms with Crippen molar-refractivity contribution in [3.63, 3.8) is 0 Å². The molecule has 1 aromatic rings. The van der Waals surface area contributed by atoms with Gasteiger partial charge in [0.2, 0.25) is 0 Å². The molecule has 0 aliphatic carbocycles. The Bertz CT molecular complexity index is 308. The molecule has 0 atom stereocenters. The Balaban J connectivity index is 2.85. The quantitative estimate of drug-likeness (QED) is 0.438. The topological polar surface area (TPSA) is 41.8 Å². The van der Waals surface area contributed by atoms with E-state index in [0.717, 1.165) is 16.9 Å². The van der Waals surface area contributed by atoms with Gasteiger partial charge in [0.25, 0.3) is 0 Å². The maximum absolute atomic E-state index is 8.26. The molecule has 3 heteroatoms. The number of hydrogen-bond donors (Lipinski definition) is 1. The SMILES string of the molecule is COc1ccc(CC=NO)c(C)c1. The van der Waals surface area contributed by atoms with Gasteiger partial charge in [0.15, 0.2) is 0 Å². The number of oxime groups is 1. The Morgan fingerprint density at radius 3 is 2.85 bits per heavy atom. The van der Waals surface area contributed by atoms with Gasteiger partial charge in [-0.2, -0.15) is 0 Å². The first-order valence-corrected chi connectivity index (χ1v) is 4.07. The van der Waals surface area contributed by atoms with Gasteiger partial charge in [0, 0.05) is 12.6 Å². The minimum atomic E-state index is 0.645. The van der Waals surface area contributed by atoms with Crippen molar-refractivity contribution in [3.8, 4) is 5.75 Å². The number of hydrogen-bond acceptors (Lipinski definition) is 3. The molecule has 0 unspecified atom stereocenters. The third-order valence-electron chi connectivity index (χ3n) is 1.94. The Morgan fingerprint density at radius 2 is 2.31 bits per heavy atom. The van der Waals surface area contributed by atoms with Crippen LogP contribution in [0.1, 0.15) is 11.1 Å². The zero-order valence-corrected chi connectivity index (χ0v) is 7.82. The first kappa shape index (κ1) is 9.58. The van der Waals surface area contributed by atoms with E-state index >= 15 is 0 Å². The van der Waals surface area contributed by atoms with E-state index in [4.69, 9.17) is 9.94 Å². The van der Waals surface area contributed by atoms with E-state index in [1.165, 1.54) is 6.21 Å². The fourth-order valence-electron chi connectivity index (χ4n) is 1.16. The Morgan fingerprint density at radius 1 is 1.54 bits per heavy atom. The van der Waals surface area contributed by atoms with Gasteiger partial charge in [-0.25, -0.2) is 0 Å². The highest BCUT2D eigenvalue weighted by Gasteiger charge is 1.98. The van der Waals surface area contributed by atoms with E-state index in [2.05, 4.69) is 5.16 Å². The maximum atomic E-state index is 8.26. The van der Waals surface area contributed by atoms with E-state index in [-0.39, 0.29) is 0 Å². The molecule has 1 rings (SSSR count). The van der Waals surface area contributed by atoms with Crippen LogP contribution in [-0.2, 0) is 6.42 Å². The van der Waals surface area contributed by atoms with Gasteiger partial charge in [-0.1, -0.05) is 6.07 Å². The van der Waals surface area contributed by atoms with Crippen molar-refractivity contribution in [2.45, 2.75) is 13.3 Å². The lowest BCUT2D eigenvalue weighted by atomic mass is 10.1. The lowest BCUT2D eigenvalue weighted by Crippen LogP contribution is -1.92. The smallest absolute Gasteiger partial charge is 0.119 e. The van der Waals surface area contributed by atoms with Gasteiger partial charge in [-0.15, -0.1) is 5.16 Å². The highest BCUT2D eigenvalue weighted by Crippen LogP contribution is 2.16. The molecule has 0 amide bonds. The van der Waals surface area contributed by atoms with Crippen molar-refractivity contribution in [1.29, 1.82) is 0 Å². The summed E-state index contributed by atoms with van der Waals surface area (Å²) >= 11 is 0. The predicted octanol–water partition coefficient (Wildman–Crippen LogP) is 2.01. The van der Waals surface area contributed by atoms with Crippen LogP contribution in [0.3, 0.4) is 0 Å². The molecule has 0 aromatic heterocycles. The summed E-state index contributed by atoms with van der Waals surface area (Å²) in [6.07, 6.45) is 2.11. The van der Waals surface area contributed by atoms with Gasteiger partial charge in [0.1, 0.15) is 5.75 Å². The average molecular weight is 179 g/mol. The summed E-state index contributed by atoms with van der Waals surface area (Å²) in [5.74, 6) is 0.849. The Hall–Kier alpha value is -1.51. The summed E-state index contributed by atoms with van der Waals surface area (Å²) < 4.78 is 5.07. The van der Waals surface area contributed by atoms with Crippen molar-refractivity contribution < 1.29 is 9.94 Å². The minimum Gasteiger partial charge on any atom is -0.497 e. The highest BCUT2D eigenvalue weighted by atomic mass is 16.5. The summed E-state index contributed by atoms with van der Waals surface area (Å²) in [4.78, 5) is 0. The van der Waals surface area contributed by atoms with Gasteiger partial charge in [0.05, 0.1) is 7.11 Å². The van der Waals surface area contributed by atoms with Crippen LogP contribution in [0.4, 0.5) is 0 Å². The molecule has 0 bridgehead atoms. The fraction of sp³-hybridized carbons (Fsp3) is 0.300. The predicted molar refractivity (Wildman–Crippen MR) is 51.7 cm³/mol. The lowest BCUT2D eigenvalue weighted by molar-refractivity contribution is 0.321. The van der Waals surface area contributed by atoms with Gasteiger partial charge in [-0.05, 0) is 30.2 Å². The minimum absolute atomic E-state index is 0.645. The normalized spacial score (nSPS) is 10.6. The molecule has 0 saturated carbocycles. The average Bonchev–Trinajstić information content (AvgIpc) is 2.16. The number of rotatable bonds is 3. The van der Waals surface area contributed by atoms with Crippen molar-refractivity contribution in [1.82, 2.24) is 0 Å². The van der Waals surface area contributed by atoms with E-state index in [1.807, 2.05) is 25.1 Å². The third kappa shape index (κ3) is 2.47. The third-order valence-corrected chi connectivity index (χ3v) is 1.94. The number of aryl methyl sites for hydroxylation is 1. The molecule has 0 saturated heterocycles. The van der Waals surface area contributed by atoms with E-state index in [9.17, 15) is 0 Å². The van der Waals surface area contributed by atoms with Crippen LogP contribution in [0.25, 0.3) is 0 Å². The molecular formula is C10H13NO2. The second-order valence-electron chi connectivity index (χ2n) is 2.79. The molecule has 0 spiro atoms. The molecular weight excluding hydrogens is 166 g/mol. The molecule has 0 fully saturated rings. The van der Waals surface area contributed by atoms with Gasteiger partial charge in [-0.3, -0.25) is 0 Å². The van der Waals surface area contributed by atoms with Gasteiger partial charge < -0.3 is 9.94 Å². The molecule has 0 aliphatic heterocycles. The van der Waals surface area contributed by atoms with E-state index < -0.39 is 0 Å². The largest absolute Gasteiger partial charge is 0.497 e. The zero-order valence-electron chi connectivity index (χ0n) is 7.82. The molecule has 70 valence electrons. The Labute approximate surface area is 77.6 Å². The first-order valence-electron chi connectivity index (χ1n) is 4.07. The van der Waals surface area contributed by atoms with Crippen molar-refractivity contribution in [3.05, 3.63) is 29.3 Å². The Kier molecular flexibility index (Phi) is 3.31. The van der Waals surface area contributed by atoms with Crippen molar-refractivity contribution in [2.75, 3.05) is 7.11 Å². The highest BCUT2D eigenvalue weighted by molar-refractivity contribution is 5.61. The van der Waals surface area contributed by atoms with Crippen LogP contribution in [0.5, 0.6) is 5.75 Å². The second kappa shape index (κ2) is 4.50. The van der Waals surface area contributed by atoms with Crippen LogP contribution in [-0.4, -0.2) is 18.5 Å². The standard InChI is InChI=1S/C10H13NO2/c1-8-7-10(13-2)4-3-9(8)5-6-11-12/h3-4,6-7,12H,5H2,1-2H3. The lowest BCUT2D eigenvalue weighted by Gasteiger charge is -2.04. The molecule has 3 nitrogen and oxygen atoms in total. The van der Waals surface area contributed by atoms with Crippen LogP contribution < -0.4 is 4.74 Å². The van der Waals surface area contributed by atoms with E-state index in [0.29, 0.717) is 6.42 Å². The molecule has 1 aromatic carbocycles. The number of ether oxygens (including phenoxy) is 1. The summed E-state index contributed by atoms with van der Waals surface area (Å²) in [6, 6.07) is 5.82. The number of benzene rings is 1. The van der Waals surface area contributed by atoms with Crippen molar-refractivity contribution in [2.24, 2.45) is 5.16 Å². The van der Waals surface area contributed by atoms with Crippen LogP contribution in [0.2, 0.25) is 0 Å². The van der Waals surface area contributed by atoms with Crippen LogP contribution in [0, 0.1) is 6.92 Å². The monoisotopic (exact) mass is 179 g/mol. The first-order chi connectivity index (χ1) is 6.27. The van der Waals surface area contributed by atoms with E-state index in [1.54, 1.807) is 7.11 Å². The fourth-order valence-corrected chi connectivity index (χ4v) is 1.16. The van der Waals surface area contributed by atoms with Gasteiger partial charge >= 0.3 is 0 Å². The molecule has 0 heterocycles. The molecule has 13 heavy (non-hydrogen) atoms. The maximum Gasteiger partial charge on any atom is 0.119 e. The zero-order chi connectivity index (χ0) is 9.68. The summed E-state index contributed by atoms with van der Waals surface area (Å²) in [7, 11) is 1.64. The summed E-state index contributed by atoms with van der Waals surface area (Å²) in [5.41, 5.74) is 2.28. The van der Waals surface area contributed by atoms with Crippen LogP contribution in [0.15, 0.2) is 23.4 Å².